The van der Waals surface area contributed by atoms with Gasteiger partial charge in [0.25, 0.3) is 0 Å². The molecule has 0 aliphatic carbocycles. The molecular formula is C12H12ClNO2. The Hall–Kier alpha value is -1.32. The largest absolute Gasteiger partial charge is 0.396 e. The van der Waals surface area contributed by atoms with Crippen molar-refractivity contribution in [2.45, 2.75) is 12.8 Å². The molecular weight excluding hydrogens is 226 g/mol. The Labute approximate surface area is 98.6 Å². The third-order valence-corrected chi connectivity index (χ3v) is 2.57. The topological polar surface area (TPSA) is 46.3 Å². The Morgan fingerprint density at radius 1 is 1.38 bits per heavy atom. The lowest BCUT2D eigenvalue weighted by Crippen LogP contribution is -1.89. The summed E-state index contributed by atoms with van der Waals surface area (Å²) in [6.45, 7) is 0.167. The smallest absolute Gasteiger partial charge is 0.170 e. The third-order valence-electron chi connectivity index (χ3n) is 2.34. The Balaban J connectivity index is 2.29. The molecule has 0 aliphatic rings. The standard InChI is InChI=1S/C12H12ClNO2/c13-11-5-1-3-9(7-11)12-10(4-2-6-15)8-14-16-12/h1,3,5,7-8,15H,2,4,6H2. The molecule has 84 valence electrons. The molecule has 0 unspecified atom stereocenters. The third kappa shape index (κ3) is 2.43. The van der Waals surface area contributed by atoms with Crippen LogP contribution in [0, 0.1) is 0 Å². The molecule has 0 radical (unpaired) electrons. The fourth-order valence-electron chi connectivity index (χ4n) is 1.58. The SMILES string of the molecule is OCCCc1cnoc1-c1cccc(Cl)c1. The highest BCUT2D eigenvalue weighted by molar-refractivity contribution is 6.30. The van der Waals surface area contributed by atoms with Crippen LogP contribution in [0.25, 0.3) is 11.3 Å². The second-order valence-corrected chi connectivity index (χ2v) is 3.95. The number of nitrogens with zero attached hydrogens (tertiary/aromatic N) is 1. The van der Waals surface area contributed by atoms with Crippen LogP contribution in [0.15, 0.2) is 35.0 Å². The second-order valence-electron chi connectivity index (χ2n) is 3.52. The molecule has 0 fully saturated rings. The number of aliphatic hydroxyl groups is 1. The molecule has 0 amide bonds. The van der Waals surface area contributed by atoms with Crippen LogP contribution in [0.5, 0.6) is 0 Å². The monoisotopic (exact) mass is 237 g/mol. The Kier molecular flexibility index (Phi) is 3.59. The predicted octanol–water partition coefficient (Wildman–Crippen LogP) is 2.92. The lowest BCUT2D eigenvalue weighted by Gasteiger charge is -2.00. The van der Waals surface area contributed by atoms with Crippen molar-refractivity contribution in [3.05, 3.63) is 41.0 Å². The summed E-state index contributed by atoms with van der Waals surface area (Å²) in [5, 5.41) is 13.2. The van der Waals surface area contributed by atoms with Crippen molar-refractivity contribution in [1.82, 2.24) is 5.16 Å². The van der Waals surface area contributed by atoms with Crippen LogP contribution < -0.4 is 0 Å². The van der Waals surface area contributed by atoms with Crippen molar-refractivity contribution in [1.29, 1.82) is 0 Å². The van der Waals surface area contributed by atoms with Gasteiger partial charge in [-0.3, -0.25) is 0 Å². The van der Waals surface area contributed by atoms with Gasteiger partial charge in [0.2, 0.25) is 0 Å². The summed E-state index contributed by atoms with van der Waals surface area (Å²) in [6.07, 6.45) is 3.14. The molecule has 0 aliphatic heterocycles. The van der Waals surface area contributed by atoms with Gasteiger partial charge in [-0.05, 0) is 25.0 Å². The van der Waals surface area contributed by atoms with Crippen LogP contribution in [0.4, 0.5) is 0 Å². The van der Waals surface area contributed by atoms with Crippen LogP contribution in [0.1, 0.15) is 12.0 Å². The van der Waals surface area contributed by atoms with Gasteiger partial charge >= 0.3 is 0 Å². The minimum atomic E-state index is 0.167. The molecule has 0 spiro atoms. The average Bonchev–Trinajstić information content (AvgIpc) is 2.74. The van der Waals surface area contributed by atoms with E-state index < -0.39 is 0 Å². The highest BCUT2D eigenvalue weighted by atomic mass is 35.5. The molecule has 4 heteroatoms. The Morgan fingerprint density at radius 2 is 2.25 bits per heavy atom. The lowest BCUT2D eigenvalue weighted by atomic mass is 10.1. The number of hydrogen-bond donors (Lipinski definition) is 1. The minimum absolute atomic E-state index is 0.167. The quantitative estimate of drug-likeness (QED) is 0.889. The van der Waals surface area contributed by atoms with Gasteiger partial charge in [-0.15, -0.1) is 0 Å². The first kappa shape index (κ1) is 11.2. The van der Waals surface area contributed by atoms with Gasteiger partial charge < -0.3 is 9.63 Å². The minimum Gasteiger partial charge on any atom is -0.396 e. The second kappa shape index (κ2) is 5.14. The fraction of sp³-hybridized carbons (Fsp3) is 0.250. The van der Waals surface area contributed by atoms with E-state index in [4.69, 9.17) is 21.2 Å². The van der Waals surface area contributed by atoms with Crippen molar-refractivity contribution in [3.8, 4) is 11.3 Å². The first-order valence-electron chi connectivity index (χ1n) is 5.11. The first-order chi connectivity index (χ1) is 7.81. The summed E-state index contributed by atoms with van der Waals surface area (Å²) < 4.78 is 5.21. The van der Waals surface area contributed by atoms with E-state index >= 15 is 0 Å². The summed E-state index contributed by atoms with van der Waals surface area (Å²) in [5.74, 6) is 0.732. The molecule has 2 rings (SSSR count). The van der Waals surface area contributed by atoms with Crippen LogP contribution in [-0.4, -0.2) is 16.9 Å². The zero-order chi connectivity index (χ0) is 11.4. The first-order valence-corrected chi connectivity index (χ1v) is 5.49. The van der Waals surface area contributed by atoms with E-state index in [0.29, 0.717) is 11.4 Å². The van der Waals surface area contributed by atoms with Gasteiger partial charge in [-0.1, -0.05) is 28.9 Å². The van der Waals surface area contributed by atoms with Gasteiger partial charge in [-0.25, -0.2) is 0 Å². The molecule has 1 heterocycles. The normalized spacial score (nSPS) is 10.6. The zero-order valence-electron chi connectivity index (χ0n) is 8.69. The van der Waals surface area contributed by atoms with E-state index in [-0.39, 0.29) is 6.61 Å². The molecule has 1 aromatic heterocycles. The summed E-state index contributed by atoms with van der Waals surface area (Å²) >= 11 is 5.92. The maximum Gasteiger partial charge on any atom is 0.170 e. The van der Waals surface area contributed by atoms with Crippen LogP contribution in [0.2, 0.25) is 5.02 Å². The number of aromatic nitrogens is 1. The van der Waals surface area contributed by atoms with Crippen LogP contribution >= 0.6 is 11.6 Å². The molecule has 16 heavy (non-hydrogen) atoms. The van der Waals surface area contributed by atoms with Crippen LogP contribution in [-0.2, 0) is 6.42 Å². The Morgan fingerprint density at radius 3 is 3.00 bits per heavy atom. The number of rotatable bonds is 4. The van der Waals surface area contributed by atoms with E-state index in [0.717, 1.165) is 23.3 Å². The molecule has 1 N–H and O–H groups in total. The number of aryl methyl sites for hydroxylation is 1. The van der Waals surface area contributed by atoms with E-state index in [1.54, 1.807) is 6.20 Å². The van der Waals surface area contributed by atoms with E-state index in [1.165, 1.54) is 0 Å². The van der Waals surface area contributed by atoms with E-state index in [9.17, 15) is 0 Å². The predicted molar refractivity (Wildman–Crippen MR) is 62.4 cm³/mol. The Bertz CT molecular complexity index is 468. The number of halogens is 1. The average molecular weight is 238 g/mol. The lowest BCUT2D eigenvalue weighted by molar-refractivity contribution is 0.288. The van der Waals surface area contributed by atoms with Crippen molar-refractivity contribution < 1.29 is 9.63 Å². The highest BCUT2D eigenvalue weighted by Gasteiger charge is 2.10. The maximum atomic E-state index is 8.80. The summed E-state index contributed by atoms with van der Waals surface area (Å²) in [7, 11) is 0. The zero-order valence-corrected chi connectivity index (χ0v) is 9.44. The van der Waals surface area contributed by atoms with Gasteiger partial charge in [0, 0.05) is 22.8 Å². The maximum absolute atomic E-state index is 8.80. The molecule has 1 aromatic carbocycles. The van der Waals surface area contributed by atoms with Crippen LogP contribution in [0.3, 0.4) is 0 Å². The van der Waals surface area contributed by atoms with Crippen molar-refractivity contribution in [3.63, 3.8) is 0 Å². The van der Waals surface area contributed by atoms with Gasteiger partial charge in [-0.2, -0.15) is 0 Å². The van der Waals surface area contributed by atoms with Gasteiger partial charge in [0.1, 0.15) is 0 Å². The highest BCUT2D eigenvalue weighted by Crippen LogP contribution is 2.26. The van der Waals surface area contributed by atoms with Crippen molar-refractivity contribution >= 4 is 11.6 Å². The molecule has 0 bridgehead atoms. The van der Waals surface area contributed by atoms with E-state index in [1.807, 2.05) is 24.3 Å². The van der Waals surface area contributed by atoms with Crippen molar-refractivity contribution in [2.75, 3.05) is 6.61 Å². The number of aliphatic hydroxyl groups excluding tert-OH is 1. The molecule has 0 saturated heterocycles. The molecule has 2 aromatic rings. The van der Waals surface area contributed by atoms with Gasteiger partial charge in [0.15, 0.2) is 5.76 Å². The van der Waals surface area contributed by atoms with E-state index in [2.05, 4.69) is 5.16 Å². The molecule has 0 atom stereocenters. The van der Waals surface area contributed by atoms with Crippen molar-refractivity contribution in [2.24, 2.45) is 0 Å². The number of hydrogen-bond acceptors (Lipinski definition) is 3. The summed E-state index contributed by atoms with van der Waals surface area (Å²) in [4.78, 5) is 0. The van der Waals surface area contributed by atoms with Gasteiger partial charge in [0.05, 0.1) is 6.20 Å². The summed E-state index contributed by atoms with van der Waals surface area (Å²) in [5.41, 5.74) is 1.91. The summed E-state index contributed by atoms with van der Waals surface area (Å²) in [6, 6.07) is 7.45. The number of benzene rings is 1. The molecule has 0 saturated carbocycles. The molecule has 3 nitrogen and oxygen atoms in total. The fourth-order valence-corrected chi connectivity index (χ4v) is 1.77.